The van der Waals surface area contributed by atoms with Gasteiger partial charge in [-0.25, -0.2) is 8.78 Å². The Balaban J connectivity index is 2.48. The van der Waals surface area contributed by atoms with Crippen molar-refractivity contribution in [3.05, 3.63) is 50.4 Å². The Hall–Kier alpha value is -1.04. The number of nitrogen functional groups attached to an aromatic ring is 1. The lowest BCUT2D eigenvalue weighted by Crippen LogP contribution is -2.00. The molecule has 0 amide bonds. The molecule has 0 aromatic heterocycles. The van der Waals surface area contributed by atoms with E-state index in [1.165, 1.54) is 12.1 Å². The smallest absolute Gasteiger partial charge is 0.150 e. The van der Waals surface area contributed by atoms with E-state index in [2.05, 4.69) is 21.2 Å². The van der Waals surface area contributed by atoms with Gasteiger partial charge < -0.3 is 11.1 Å². The normalized spacial score (nSPS) is 10.6. The average molecular weight is 368 g/mol. The summed E-state index contributed by atoms with van der Waals surface area (Å²) in [6, 6.07) is 5.13. The van der Waals surface area contributed by atoms with Crippen LogP contribution >= 0.6 is 39.1 Å². The van der Waals surface area contributed by atoms with Crippen molar-refractivity contribution in [2.45, 2.75) is 0 Å². The average Bonchev–Trinajstić information content (AvgIpc) is 2.25. The molecule has 2 nitrogen and oxygen atoms in total. The molecule has 0 saturated carbocycles. The molecule has 0 aliphatic carbocycles. The van der Waals surface area contributed by atoms with Crippen LogP contribution in [-0.2, 0) is 0 Å². The first-order chi connectivity index (χ1) is 8.88. The highest BCUT2D eigenvalue weighted by molar-refractivity contribution is 9.10. The fraction of sp³-hybridized carbons (Fsp3) is 0. The van der Waals surface area contributed by atoms with Gasteiger partial charge in [-0.05, 0) is 24.3 Å². The Morgan fingerprint density at radius 2 is 1.42 bits per heavy atom. The number of nitrogens with one attached hydrogen (secondary N) is 1. The summed E-state index contributed by atoms with van der Waals surface area (Å²) >= 11 is 14.9. The third-order valence-corrected chi connectivity index (χ3v) is 3.38. The minimum Gasteiger partial charge on any atom is -0.399 e. The van der Waals surface area contributed by atoms with Crippen molar-refractivity contribution >= 4 is 56.2 Å². The van der Waals surface area contributed by atoms with Crippen LogP contribution in [0.1, 0.15) is 0 Å². The number of anilines is 3. The van der Waals surface area contributed by atoms with Crippen molar-refractivity contribution in [1.29, 1.82) is 0 Å². The second kappa shape index (κ2) is 5.53. The van der Waals surface area contributed by atoms with Gasteiger partial charge in [-0.3, -0.25) is 0 Å². The summed E-state index contributed by atoms with van der Waals surface area (Å²) in [6.45, 7) is 0. The van der Waals surface area contributed by atoms with E-state index < -0.39 is 11.6 Å². The summed E-state index contributed by atoms with van der Waals surface area (Å²) in [5, 5.41) is 2.89. The lowest BCUT2D eigenvalue weighted by Gasteiger charge is -2.13. The van der Waals surface area contributed by atoms with Crippen LogP contribution in [0.4, 0.5) is 25.8 Å². The highest BCUT2D eigenvalue weighted by Crippen LogP contribution is 2.36. The summed E-state index contributed by atoms with van der Waals surface area (Å²) in [7, 11) is 0. The van der Waals surface area contributed by atoms with Gasteiger partial charge in [0.05, 0.1) is 15.7 Å². The van der Waals surface area contributed by atoms with Crippen LogP contribution in [-0.4, -0.2) is 0 Å². The zero-order valence-corrected chi connectivity index (χ0v) is 12.4. The van der Waals surface area contributed by atoms with E-state index in [4.69, 9.17) is 28.9 Å². The number of rotatable bonds is 2. The van der Waals surface area contributed by atoms with Gasteiger partial charge in [0.1, 0.15) is 5.69 Å². The molecule has 2 aromatic carbocycles. The van der Waals surface area contributed by atoms with E-state index in [9.17, 15) is 8.78 Å². The van der Waals surface area contributed by atoms with Crippen molar-refractivity contribution in [2.24, 2.45) is 0 Å². The molecule has 0 unspecified atom stereocenters. The van der Waals surface area contributed by atoms with Gasteiger partial charge in [0, 0.05) is 10.2 Å². The van der Waals surface area contributed by atoms with Gasteiger partial charge in [-0.2, -0.15) is 0 Å². The van der Waals surface area contributed by atoms with E-state index in [-0.39, 0.29) is 21.4 Å². The molecular weight excluding hydrogens is 361 g/mol. The number of hydrogen-bond acceptors (Lipinski definition) is 2. The Labute approximate surface area is 126 Å². The second-order valence-electron chi connectivity index (χ2n) is 3.73. The van der Waals surface area contributed by atoms with Crippen molar-refractivity contribution < 1.29 is 8.78 Å². The van der Waals surface area contributed by atoms with Crippen LogP contribution < -0.4 is 11.1 Å². The SMILES string of the molecule is Nc1cc(Cl)c(Nc2c(F)cc(Br)cc2F)c(Cl)c1. The zero-order valence-electron chi connectivity index (χ0n) is 9.28. The van der Waals surface area contributed by atoms with Crippen LogP contribution in [0.5, 0.6) is 0 Å². The second-order valence-corrected chi connectivity index (χ2v) is 5.46. The molecule has 0 aliphatic rings. The Morgan fingerprint density at radius 1 is 0.947 bits per heavy atom. The van der Waals surface area contributed by atoms with Crippen LogP contribution in [0.2, 0.25) is 10.0 Å². The molecule has 3 N–H and O–H groups in total. The van der Waals surface area contributed by atoms with Gasteiger partial charge in [-0.1, -0.05) is 39.1 Å². The van der Waals surface area contributed by atoms with Crippen LogP contribution in [0.15, 0.2) is 28.7 Å². The van der Waals surface area contributed by atoms with E-state index in [0.717, 1.165) is 12.1 Å². The summed E-state index contributed by atoms with van der Waals surface area (Å²) < 4.78 is 27.7. The van der Waals surface area contributed by atoms with Gasteiger partial charge >= 0.3 is 0 Å². The van der Waals surface area contributed by atoms with Gasteiger partial charge in [0.15, 0.2) is 11.6 Å². The fourth-order valence-corrected chi connectivity index (χ4v) is 2.50. The Morgan fingerprint density at radius 3 is 1.89 bits per heavy atom. The number of nitrogens with two attached hydrogens (primary N) is 1. The predicted molar refractivity (Wildman–Crippen MR) is 78.2 cm³/mol. The molecule has 0 atom stereocenters. The fourth-order valence-electron chi connectivity index (χ4n) is 1.50. The third-order valence-electron chi connectivity index (χ3n) is 2.32. The maximum Gasteiger partial charge on any atom is 0.150 e. The highest BCUT2D eigenvalue weighted by atomic mass is 79.9. The maximum atomic E-state index is 13.7. The molecule has 7 heteroatoms. The molecule has 19 heavy (non-hydrogen) atoms. The van der Waals surface area contributed by atoms with Gasteiger partial charge in [0.2, 0.25) is 0 Å². The largest absolute Gasteiger partial charge is 0.399 e. The number of halogens is 5. The first-order valence-electron chi connectivity index (χ1n) is 5.04. The molecule has 0 bridgehead atoms. The summed E-state index contributed by atoms with van der Waals surface area (Å²) in [4.78, 5) is 0. The van der Waals surface area contributed by atoms with Crippen molar-refractivity contribution in [3.8, 4) is 0 Å². The van der Waals surface area contributed by atoms with Gasteiger partial charge in [-0.15, -0.1) is 0 Å². The molecule has 0 spiro atoms. The standard InChI is InChI=1S/C12H7BrCl2F2N2/c13-5-1-9(16)12(10(17)2-5)19-11-7(14)3-6(18)4-8(11)15/h1-4,19H,18H2. The van der Waals surface area contributed by atoms with E-state index in [1.807, 2.05) is 0 Å². The molecule has 0 aliphatic heterocycles. The number of hydrogen-bond donors (Lipinski definition) is 2. The van der Waals surface area contributed by atoms with E-state index in [1.54, 1.807) is 0 Å². The molecule has 2 aromatic rings. The van der Waals surface area contributed by atoms with Crippen LogP contribution in [0.3, 0.4) is 0 Å². The summed E-state index contributed by atoms with van der Waals surface area (Å²) in [6.07, 6.45) is 0. The van der Waals surface area contributed by atoms with Crippen LogP contribution in [0, 0.1) is 11.6 Å². The summed E-state index contributed by atoms with van der Waals surface area (Å²) in [5.41, 5.74) is 5.76. The molecular formula is C12H7BrCl2F2N2. The van der Waals surface area contributed by atoms with Crippen molar-refractivity contribution in [3.63, 3.8) is 0 Å². The summed E-state index contributed by atoms with van der Waals surface area (Å²) in [5.74, 6) is -1.54. The molecule has 0 heterocycles. The van der Waals surface area contributed by atoms with E-state index >= 15 is 0 Å². The first-order valence-corrected chi connectivity index (χ1v) is 6.59. The quantitative estimate of drug-likeness (QED) is 0.701. The van der Waals surface area contributed by atoms with Crippen LogP contribution in [0.25, 0.3) is 0 Å². The van der Waals surface area contributed by atoms with Gasteiger partial charge in [0.25, 0.3) is 0 Å². The maximum absolute atomic E-state index is 13.7. The molecule has 100 valence electrons. The Bertz CT molecular complexity index is 548. The lowest BCUT2D eigenvalue weighted by atomic mass is 10.2. The molecule has 0 saturated heterocycles. The molecule has 2 rings (SSSR count). The number of benzene rings is 2. The van der Waals surface area contributed by atoms with Crippen molar-refractivity contribution in [1.82, 2.24) is 0 Å². The third kappa shape index (κ3) is 3.11. The lowest BCUT2D eigenvalue weighted by molar-refractivity contribution is 0.589. The molecule has 0 radical (unpaired) electrons. The minimum absolute atomic E-state index is 0.173. The Kier molecular flexibility index (Phi) is 4.18. The monoisotopic (exact) mass is 366 g/mol. The highest BCUT2D eigenvalue weighted by Gasteiger charge is 2.14. The van der Waals surface area contributed by atoms with E-state index in [0.29, 0.717) is 10.2 Å². The zero-order chi connectivity index (χ0) is 14.2. The topological polar surface area (TPSA) is 38.0 Å². The van der Waals surface area contributed by atoms with Crippen molar-refractivity contribution in [2.75, 3.05) is 11.1 Å². The predicted octanol–water partition coefficient (Wildman–Crippen LogP) is 5.36. The first kappa shape index (κ1) is 14.4. The molecule has 0 fully saturated rings. The minimum atomic E-state index is -0.768.